The zero-order valence-corrected chi connectivity index (χ0v) is 36.3. The van der Waals surface area contributed by atoms with Crippen LogP contribution in [-0.2, 0) is 5.41 Å². The summed E-state index contributed by atoms with van der Waals surface area (Å²) in [5.74, 6) is 0. The molecule has 0 N–H and O–H groups in total. The number of rotatable bonds is 7. The summed E-state index contributed by atoms with van der Waals surface area (Å²) in [5, 5.41) is 10.0. The van der Waals surface area contributed by atoms with Crippen LogP contribution in [0.15, 0.2) is 261 Å². The molecule has 1 heteroatoms. The van der Waals surface area contributed by atoms with E-state index in [1.54, 1.807) is 0 Å². The van der Waals surface area contributed by atoms with Gasteiger partial charge < -0.3 is 4.90 Å². The van der Waals surface area contributed by atoms with E-state index in [0.29, 0.717) is 0 Å². The van der Waals surface area contributed by atoms with E-state index < -0.39 is 5.41 Å². The minimum Gasteiger partial charge on any atom is -0.310 e. The Morgan fingerprint density at radius 2 is 0.697 bits per heavy atom. The van der Waals surface area contributed by atoms with E-state index in [-0.39, 0.29) is 0 Å². The van der Waals surface area contributed by atoms with Gasteiger partial charge in [-0.05, 0) is 136 Å². The summed E-state index contributed by atoms with van der Waals surface area (Å²) in [6, 6.07) is 96.6. The van der Waals surface area contributed by atoms with E-state index in [1.807, 2.05) is 0 Å². The van der Waals surface area contributed by atoms with Gasteiger partial charge in [-0.1, -0.05) is 218 Å². The quantitative estimate of drug-likeness (QED) is 0.145. The van der Waals surface area contributed by atoms with Crippen LogP contribution in [0, 0.1) is 0 Å². The van der Waals surface area contributed by atoms with Crippen molar-refractivity contribution in [3.05, 3.63) is 283 Å². The smallest absolute Gasteiger partial charge is 0.0714 e. The van der Waals surface area contributed by atoms with Crippen molar-refractivity contribution in [1.29, 1.82) is 0 Å². The van der Waals surface area contributed by atoms with E-state index in [0.717, 1.165) is 17.1 Å². The lowest BCUT2D eigenvalue weighted by molar-refractivity contribution is 0.768. The normalized spacial score (nSPS) is 12.7. The van der Waals surface area contributed by atoms with Gasteiger partial charge in [0.1, 0.15) is 0 Å². The SMILES string of the molecule is c1ccc(C2(c3ccccc3)c3ccccc3-c3c(N(c4cccc(-c5cc6ccccc6c6ccccc56)c4)c4cccc(-c5cc6ccccc6c6ccccc56)c4)cccc32)cc1. The number of fused-ring (bicyclic) bond motifs is 9. The van der Waals surface area contributed by atoms with Gasteiger partial charge in [0, 0.05) is 16.9 Å². The zero-order chi connectivity index (χ0) is 43.6. The number of nitrogens with zero attached hydrogens (tertiary/aromatic N) is 1. The molecular formula is C65H43N. The van der Waals surface area contributed by atoms with Gasteiger partial charge in [0.25, 0.3) is 0 Å². The highest BCUT2D eigenvalue weighted by Crippen LogP contribution is 2.59. The molecule has 0 saturated carbocycles. The third-order valence-electron chi connectivity index (χ3n) is 14.1. The van der Waals surface area contributed by atoms with Crippen LogP contribution in [0.1, 0.15) is 22.3 Å². The fraction of sp³-hybridized carbons (Fsp3) is 0.0154. The molecule has 0 fully saturated rings. The molecule has 1 aliphatic rings. The molecule has 0 aromatic heterocycles. The van der Waals surface area contributed by atoms with Crippen LogP contribution in [-0.4, -0.2) is 0 Å². The molecule has 66 heavy (non-hydrogen) atoms. The molecule has 13 rings (SSSR count). The molecule has 1 aliphatic carbocycles. The largest absolute Gasteiger partial charge is 0.310 e. The molecule has 0 heterocycles. The lowest BCUT2D eigenvalue weighted by Crippen LogP contribution is -2.28. The molecule has 0 bridgehead atoms. The number of hydrogen-bond acceptors (Lipinski definition) is 1. The summed E-state index contributed by atoms with van der Waals surface area (Å²) in [6.45, 7) is 0. The highest BCUT2D eigenvalue weighted by Gasteiger charge is 2.47. The van der Waals surface area contributed by atoms with Crippen LogP contribution in [0.5, 0.6) is 0 Å². The standard InChI is InChI=1S/C65H43N/c1-3-24-48(25-4-1)65(49-26-5-2-6-27-49)61-37-16-15-36-58(61)64-62(65)38-19-39-63(64)66(50-28-17-22-44(40-50)59-42-46-20-7-9-30-52(46)54-32-11-13-34-56(54)59)51-29-18-23-45(41-51)60-43-47-21-8-10-31-53(47)55-33-12-14-35-57(55)60/h1-43H. The molecule has 0 radical (unpaired) electrons. The Morgan fingerprint density at radius 3 is 1.24 bits per heavy atom. The van der Waals surface area contributed by atoms with Gasteiger partial charge in [0.05, 0.1) is 11.1 Å². The van der Waals surface area contributed by atoms with Gasteiger partial charge in [-0.2, -0.15) is 0 Å². The summed E-state index contributed by atoms with van der Waals surface area (Å²) in [5.41, 5.74) is 15.1. The fourth-order valence-electron chi connectivity index (χ4n) is 11.3. The molecule has 0 atom stereocenters. The van der Waals surface area contributed by atoms with Crippen LogP contribution < -0.4 is 4.90 Å². The molecule has 12 aromatic carbocycles. The molecule has 0 spiro atoms. The molecule has 0 unspecified atom stereocenters. The van der Waals surface area contributed by atoms with E-state index in [2.05, 4.69) is 266 Å². The fourth-order valence-corrected chi connectivity index (χ4v) is 11.3. The second-order valence-electron chi connectivity index (χ2n) is 17.5. The summed E-state index contributed by atoms with van der Waals surface area (Å²) in [7, 11) is 0. The van der Waals surface area contributed by atoms with Crippen molar-refractivity contribution in [2.45, 2.75) is 5.41 Å². The van der Waals surface area contributed by atoms with Gasteiger partial charge in [-0.3, -0.25) is 0 Å². The molecule has 12 aromatic rings. The lowest BCUT2D eigenvalue weighted by atomic mass is 9.68. The van der Waals surface area contributed by atoms with Crippen molar-refractivity contribution in [1.82, 2.24) is 0 Å². The first-order valence-corrected chi connectivity index (χ1v) is 22.9. The Morgan fingerprint density at radius 1 is 0.273 bits per heavy atom. The third kappa shape index (κ3) is 5.80. The molecular weight excluding hydrogens is 795 g/mol. The average Bonchev–Trinajstić information content (AvgIpc) is 3.70. The second kappa shape index (κ2) is 15.3. The van der Waals surface area contributed by atoms with E-state index in [4.69, 9.17) is 0 Å². The Hall–Kier alpha value is -8.52. The zero-order valence-electron chi connectivity index (χ0n) is 36.3. The maximum atomic E-state index is 2.52. The highest BCUT2D eigenvalue weighted by atomic mass is 15.1. The Balaban J connectivity index is 1.09. The first-order chi connectivity index (χ1) is 32.8. The predicted molar refractivity (Wildman–Crippen MR) is 279 cm³/mol. The minimum atomic E-state index is -0.534. The summed E-state index contributed by atoms with van der Waals surface area (Å²) >= 11 is 0. The second-order valence-corrected chi connectivity index (χ2v) is 17.5. The Kier molecular flexibility index (Phi) is 8.82. The maximum Gasteiger partial charge on any atom is 0.0714 e. The lowest BCUT2D eigenvalue weighted by Gasteiger charge is -2.34. The van der Waals surface area contributed by atoms with E-state index >= 15 is 0 Å². The number of hydrogen-bond donors (Lipinski definition) is 0. The first kappa shape index (κ1) is 38.0. The van der Waals surface area contributed by atoms with Gasteiger partial charge in [0.15, 0.2) is 0 Å². The van der Waals surface area contributed by atoms with Crippen LogP contribution >= 0.6 is 0 Å². The average molecular weight is 838 g/mol. The van der Waals surface area contributed by atoms with Crippen molar-refractivity contribution in [3.63, 3.8) is 0 Å². The van der Waals surface area contributed by atoms with E-state index in [1.165, 1.54) is 98.7 Å². The molecule has 308 valence electrons. The van der Waals surface area contributed by atoms with Crippen molar-refractivity contribution in [2.24, 2.45) is 0 Å². The van der Waals surface area contributed by atoms with Crippen LogP contribution in [0.2, 0.25) is 0 Å². The van der Waals surface area contributed by atoms with Crippen LogP contribution in [0.25, 0.3) is 76.5 Å². The minimum absolute atomic E-state index is 0.534. The number of anilines is 3. The predicted octanol–water partition coefficient (Wildman–Crippen LogP) is 17.5. The van der Waals surface area contributed by atoms with Crippen molar-refractivity contribution < 1.29 is 0 Å². The van der Waals surface area contributed by atoms with E-state index in [9.17, 15) is 0 Å². The number of benzene rings is 12. The van der Waals surface area contributed by atoms with Crippen LogP contribution in [0.4, 0.5) is 17.1 Å². The monoisotopic (exact) mass is 837 g/mol. The highest BCUT2D eigenvalue weighted by molar-refractivity contribution is 6.15. The topological polar surface area (TPSA) is 3.24 Å². The molecule has 0 saturated heterocycles. The summed E-state index contributed by atoms with van der Waals surface area (Å²) in [4.78, 5) is 2.52. The van der Waals surface area contributed by atoms with Crippen molar-refractivity contribution in [3.8, 4) is 33.4 Å². The first-order valence-electron chi connectivity index (χ1n) is 22.9. The summed E-state index contributed by atoms with van der Waals surface area (Å²) < 4.78 is 0. The van der Waals surface area contributed by atoms with Gasteiger partial charge in [0.2, 0.25) is 0 Å². The van der Waals surface area contributed by atoms with Gasteiger partial charge in [-0.25, -0.2) is 0 Å². The third-order valence-corrected chi connectivity index (χ3v) is 14.1. The van der Waals surface area contributed by atoms with Gasteiger partial charge >= 0.3 is 0 Å². The van der Waals surface area contributed by atoms with Crippen molar-refractivity contribution >= 4 is 60.2 Å². The maximum absolute atomic E-state index is 2.52. The van der Waals surface area contributed by atoms with Gasteiger partial charge in [-0.15, -0.1) is 0 Å². The molecule has 0 amide bonds. The van der Waals surface area contributed by atoms with Crippen molar-refractivity contribution in [2.75, 3.05) is 4.90 Å². The molecule has 0 aliphatic heterocycles. The Bertz CT molecular complexity index is 3630. The van der Waals surface area contributed by atoms with Crippen LogP contribution in [0.3, 0.4) is 0 Å². The summed E-state index contributed by atoms with van der Waals surface area (Å²) in [6.07, 6.45) is 0. The Labute approximate surface area is 385 Å². The molecule has 1 nitrogen and oxygen atoms in total.